The molecule has 0 heterocycles. The molecule has 2 unspecified atom stereocenters. The number of aliphatic hydroxyl groups excluding tert-OH is 1. The summed E-state index contributed by atoms with van der Waals surface area (Å²) in [5.74, 6) is -11.7. The summed E-state index contributed by atoms with van der Waals surface area (Å²) in [6.07, 6.45) is -2.01. The number of carbonyl (C=O) groups excluding carboxylic acids is 11. The number of ketones is 5. The van der Waals surface area contributed by atoms with E-state index < -0.39 is 198 Å². The molecule has 0 radical (unpaired) electrons. The van der Waals surface area contributed by atoms with Crippen LogP contribution in [0.25, 0.3) is 0 Å². The number of nitrogens with one attached hydrogen (secondary N) is 5. The average molecular weight is 1590 g/mol. The van der Waals surface area contributed by atoms with Gasteiger partial charge in [-0.3, -0.25) is 52.7 Å². The highest BCUT2D eigenvalue weighted by atomic mass is 33.1. The highest BCUT2D eigenvalue weighted by Gasteiger charge is 2.40. The van der Waals surface area contributed by atoms with Gasteiger partial charge >= 0.3 is 18.0 Å². The summed E-state index contributed by atoms with van der Waals surface area (Å²) >= 11 is 1.43. The molecule has 0 bridgehead atoms. The first-order chi connectivity index (χ1) is 50.7. The first-order valence-electron chi connectivity index (χ1n) is 37.6. The lowest BCUT2D eigenvalue weighted by Gasteiger charge is -2.33. The predicted octanol–water partition coefficient (Wildman–Crippen LogP) is 10.2. The molecule has 0 saturated heterocycles. The van der Waals surface area contributed by atoms with Gasteiger partial charge in [-0.25, -0.2) is 4.79 Å². The van der Waals surface area contributed by atoms with Crippen molar-refractivity contribution >= 4 is 104 Å². The molecule has 2 aromatic carbocycles. The lowest BCUT2D eigenvalue weighted by atomic mass is 9.87. The van der Waals surface area contributed by atoms with Crippen LogP contribution < -0.4 is 31.3 Å². The first kappa shape index (κ1) is 98.6. The Morgan fingerprint density at radius 3 is 1.62 bits per heavy atom. The molecule has 109 heavy (non-hydrogen) atoms. The Hall–Kier alpha value is -6.47. The van der Waals surface area contributed by atoms with Crippen LogP contribution in [0.15, 0.2) is 54.6 Å². The Morgan fingerprint density at radius 1 is 0.514 bits per heavy atom. The Kier molecular flexibility index (Phi) is 43.8. The van der Waals surface area contributed by atoms with Gasteiger partial charge in [0.1, 0.15) is 41.2 Å². The molecule has 7 N–H and O–H groups in total. The third kappa shape index (κ3) is 42.7. The molecule has 0 aliphatic carbocycles. The summed E-state index contributed by atoms with van der Waals surface area (Å²) in [6.45, 7) is 31.5. The number of amides is 5. The second-order valence-electron chi connectivity index (χ2n) is 32.3. The summed E-state index contributed by atoms with van der Waals surface area (Å²) < 4.78 is 40.8. The smallest absolute Gasteiger partial charge is 0.408 e. The maximum absolute atomic E-state index is 15.0. The zero-order chi connectivity index (χ0) is 82.6. The van der Waals surface area contributed by atoms with Crippen molar-refractivity contribution in [2.45, 2.75) is 266 Å². The number of carboxylic acids is 1. The fourth-order valence-electron chi connectivity index (χ4n) is 11.1. The number of Topliss-reactive ketones (excluding diaryl/α,β-unsaturated/α-hetero) is 5. The van der Waals surface area contributed by atoms with Gasteiger partial charge in [0.2, 0.25) is 23.6 Å². The molecule has 0 aliphatic rings. The van der Waals surface area contributed by atoms with Crippen LogP contribution in [0.5, 0.6) is 5.75 Å². The molecule has 0 saturated carbocycles. The van der Waals surface area contributed by atoms with Crippen molar-refractivity contribution < 1.29 is 101 Å². The number of benzene rings is 2. The summed E-state index contributed by atoms with van der Waals surface area (Å²) in [6, 6.07) is 9.21. The van der Waals surface area contributed by atoms with Crippen LogP contribution in [0.4, 0.5) is 4.79 Å². The predicted molar refractivity (Wildman–Crippen MR) is 424 cm³/mol. The highest BCUT2D eigenvalue weighted by molar-refractivity contribution is 8.76. The van der Waals surface area contributed by atoms with E-state index in [0.29, 0.717) is 41.2 Å². The lowest BCUT2D eigenvalue weighted by Crippen LogP contribution is -2.54. The molecule has 616 valence electrons. The van der Waals surface area contributed by atoms with Crippen LogP contribution >= 0.6 is 33.3 Å². The Bertz CT molecular complexity index is 3210. The van der Waals surface area contributed by atoms with Gasteiger partial charge in [-0.2, -0.15) is 11.8 Å². The van der Waals surface area contributed by atoms with E-state index in [9.17, 15) is 63.0 Å². The minimum Gasteiger partial charge on any atom is -0.488 e. The molecule has 0 fully saturated rings. The molecule has 2 aromatic rings. The second kappa shape index (κ2) is 48.4. The number of aliphatic carboxylic acids is 1. The van der Waals surface area contributed by atoms with E-state index in [0.717, 1.165) is 5.75 Å². The third-order valence-corrected chi connectivity index (χ3v) is 19.7. The highest BCUT2D eigenvalue weighted by Crippen LogP contribution is 2.27. The summed E-state index contributed by atoms with van der Waals surface area (Å²) in [7, 11) is 3.04. The standard InChI is InChI=1S/C80H127N5O21S3/c1-21-50(3)69(65(90)41-54(74(97)98)34-38-107-20)84-71(94)55(39-52-27-24-23-25-28-52)42-63(88)60(45-68(93)105-79(14,15)16)82-72(95)56(46-86)43-66(91)70(51(4)103-77(8,9)10)85-73(96)57(47-102-76(5,6)7)44-64(89)59(40-53-30-32-58(33-31-53)104-78(11,12)13)81-67(92)48-101-37-36-100-35-26-29-62(87)61(49-109-108-22-2)83-75(99)106-80(17,18)19/h23-25,27-28,30-33,50-51,54-57,59-61,69-70,86H,21-22,26,29,34-49H2,1-20H3,(H,81,92)(H,82,95)(H,83,99)(H,84,94)(H,85,96)(H,97,98)/t50?,51?,54-,55-,56+,57+,59+,60+,61+,69+,70+/m1/s1. The van der Waals surface area contributed by atoms with E-state index in [1.807, 2.05) is 40.9 Å². The van der Waals surface area contributed by atoms with E-state index >= 15 is 4.79 Å². The number of rotatable bonds is 52. The fraction of sp³-hybridized carbons (Fsp3) is 0.700. The Labute approximate surface area is 658 Å². The molecule has 5 amide bonds. The van der Waals surface area contributed by atoms with Crippen molar-refractivity contribution in [3.8, 4) is 5.75 Å². The van der Waals surface area contributed by atoms with Crippen molar-refractivity contribution in [3.05, 3.63) is 65.7 Å². The van der Waals surface area contributed by atoms with Crippen LogP contribution in [0, 0.1) is 29.6 Å². The van der Waals surface area contributed by atoms with Crippen LogP contribution in [-0.2, 0) is 94.0 Å². The van der Waals surface area contributed by atoms with Crippen molar-refractivity contribution in [2.75, 3.05) is 63.2 Å². The molecule has 29 heteroatoms. The number of hydrogen-bond acceptors (Lipinski definition) is 23. The Balaban J connectivity index is 2.55. The summed E-state index contributed by atoms with van der Waals surface area (Å²) in [5.41, 5.74) is -2.89. The lowest BCUT2D eigenvalue weighted by molar-refractivity contribution is -0.156. The third-order valence-electron chi connectivity index (χ3n) is 16.5. The molecule has 11 atom stereocenters. The SMILES string of the molecule is CCSSC[C@H](NC(=O)OC(C)(C)C)C(=O)CCCOCCOCC(=O)N[C@@H](Cc1ccc(OC(C)(C)C)cc1)C(=O)C[C@@H](COC(C)(C)C)C(=O)N[C@H](C(=O)C[C@@H](CO)C(=O)N[C@@H](CC(=O)OC(C)(C)C)C(=O)C[C@@H](Cc1ccccc1)C(=O)N[C@H](C(=O)C[C@@H](CCSC)C(=O)O)C(C)CC)C(C)OC(C)(C)C. The Morgan fingerprint density at radius 2 is 1.06 bits per heavy atom. The normalized spacial score (nSPS) is 15.2. The van der Waals surface area contributed by atoms with Crippen molar-refractivity contribution in [1.29, 1.82) is 0 Å². The van der Waals surface area contributed by atoms with E-state index in [4.69, 9.17) is 33.2 Å². The second-order valence-corrected chi connectivity index (χ2v) is 36.1. The van der Waals surface area contributed by atoms with Gasteiger partial charge in [0.25, 0.3) is 0 Å². The summed E-state index contributed by atoms with van der Waals surface area (Å²) in [5, 5.41) is 34.6. The number of hydrogen-bond donors (Lipinski definition) is 7. The molecule has 0 spiro atoms. The zero-order valence-electron chi connectivity index (χ0n) is 68.1. The van der Waals surface area contributed by atoms with Crippen molar-refractivity contribution in [1.82, 2.24) is 26.6 Å². The number of thioether (sulfide) groups is 1. The molecule has 2 rings (SSSR count). The fourth-order valence-corrected chi connectivity index (χ4v) is 13.5. The van der Waals surface area contributed by atoms with Gasteiger partial charge in [-0.1, -0.05) is 91.2 Å². The van der Waals surface area contributed by atoms with Crippen LogP contribution in [-0.4, -0.2) is 208 Å². The molecule has 26 nitrogen and oxygen atoms in total. The maximum Gasteiger partial charge on any atom is 0.408 e. The molecule has 0 aromatic heterocycles. The van der Waals surface area contributed by atoms with Gasteiger partial charge in [-0.05, 0) is 178 Å². The van der Waals surface area contributed by atoms with E-state index in [2.05, 4.69) is 26.6 Å². The molecular weight excluding hydrogens is 1460 g/mol. The summed E-state index contributed by atoms with van der Waals surface area (Å²) in [4.78, 5) is 168. The first-order valence-corrected chi connectivity index (χ1v) is 41.5. The van der Waals surface area contributed by atoms with Crippen molar-refractivity contribution in [3.63, 3.8) is 0 Å². The average Bonchev–Trinajstić information content (AvgIpc) is 0.843. The molecule has 0 aliphatic heterocycles. The van der Waals surface area contributed by atoms with E-state index in [1.54, 1.807) is 155 Å². The quantitative estimate of drug-likeness (QED) is 0.0184. The zero-order valence-corrected chi connectivity index (χ0v) is 70.5. The van der Waals surface area contributed by atoms with Crippen molar-refractivity contribution in [2.24, 2.45) is 29.6 Å². The number of aliphatic hydroxyl groups is 1. The number of carboxylic acid groups (broad SMARTS) is 1. The van der Waals surface area contributed by atoms with Gasteiger partial charge in [0.15, 0.2) is 28.9 Å². The minimum atomic E-state index is -1.71. The van der Waals surface area contributed by atoms with E-state index in [-0.39, 0.29) is 64.3 Å². The number of ether oxygens (including phenoxy) is 7. The largest absolute Gasteiger partial charge is 0.488 e. The van der Waals surface area contributed by atoms with Crippen LogP contribution in [0.3, 0.4) is 0 Å². The maximum atomic E-state index is 15.0. The van der Waals surface area contributed by atoms with Gasteiger partial charge in [0.05, 0.1) is 86.0 Å². The monoisotopic (exact) mass is 1590 g/mol. The van der Waals surface area contributed by atoms with E-state index in [1.165, 1.54) is 29.5 Å². The van der Waals surface area contributed by atoms with Crippen LogP contribution in [0.2, 0.25) is 0 Å². The number of alkyl carbamates (subject to hydrolysis) is 1. The van der Waals surface area contributed by atoms with Crippen LogP contribution in [0.1, 0.15) is 200 Å². The van der Waals surface area contributed by atoms with Gasteiger partial charge in [-0.15, -0.1) is 0 Å². The topological polar surface area (TPSA) is 370 Å². The molecular formula is C80H127N5O21S3. The number of carbonyl (C=O) groups is 12. The van der Waals surface area contributed by atoms with Gasteiger partial charge < -0.3 is 70.0 Å². The minimum absolute atomic E-state index is 0.0342. The number of esters is 1. The van der Waals surface area contributed by atoms with Gasteiger partial charge in [0, 0.05) is 56.1 Å².